The fraction of sp³-hybridized carbons (Fsp3) is 0.241. The van der Waals surface area contributed by atoms with E-state index < -0.39 is 0 Å². The molecule has 3 aromatic carbocycles. The standard InChI is InChI=1S/C29H29N3O2/c1-20-10-13-23(14-11-20)26-27(31-17-15-30(16-18-31)24-7-5-4-6-8-24)29(34)32(28(26)33)25-19-21(2)9-12-22(25)3/h4-14,19H,15-18H2,1-3H3. The number of hydrogen-bond donors (Lipinski definition) is 0. The van der Waals surface area contributed by atoms with E-state index in [4.69, 9.17) is 0 Å². The molecule has 0 aliphatic carbocycles. The average molecular weight is 452 g/mol. The quantitative estimate of drug-likeness (QED) is 0.539. The van der Waals surface area contributed by atoms with Gasteiger partial charge in [0.15, 0.2) is 0 Å². The van der Waals surface area contributed by atoms with Gasteiger partial charge in [0.05, 0.1) is 11.3 Å². The van der Waals surface area contributed by atoms with Crippen LogP contribution in [0.5, 0.6) is 0 Å². The third-order valence-corrected chi connectivity index (χ3v) is 6.72. The number of aryl methyl sites for hydroxylation is 3. The lowest BCUT2D eigenvalue weighted by molar-refractivity contribution is -0.120. The van der Waals surface area contributed by atoms with Gasteiger partial charge in [0.1, 0.15) is 5.70 Å². The molecule has 3 aromatic rings. The highest BCUT2D eigenvalue weighted by atomic mass is 16.2. The van der Waals surface area contributed by atoms with E-state index in [2.05, 4.69) is 21.9 Å². The Morgan fingerprint density at radius 3 is 1.94 bits per heavy atom. The lowest BCUT2D eigenvalue weighted by atomic mass is 10.0. The van der Waals surface area contributed by atoms with Gasteiger partial charge in [-0.15, -0.1) is 0 Å². The van der Waals surface area contributed by atoms with Crippen LogP contribution in [0.4, 0.5) is 11.4 Å². The maximum atomic E-state index is 13.9. The zero-order valence-corrected chi connectivity index (χ0v) is 19.9. The van der Waals surface area contributed by atoms with Crippen LogP contribution in [-0.2, 0) is 9.59 Å². The minimum atomic E-state index is -0.247. The number of amides is 2. The highest BCUT2D eigenvalue weighted by molar-refractivity contribution is 6.45. The molecule has 2 aliphatic heterocycles. The molecule has 1 saturated heterocycles. The van der Waals surface area contributed by atoms with Gasteiger partial charge >= 0.3 is 0 Å². The SMILES string of the molecule is Cc1ccc(C2=C(N3CCN(c4ccccc4)CC3)C(=O)N(c3cc(C)ccc3C)C2=O)cc1. The van der Waals surface area contributed by atoms with Crippen molar-refractivity contribution >= 4 is 28.8 Å². The van der Waals surface area contributed by atoms with E-state index in [9.17, 15) is 9.59 Å². The number of carbonyl (C=O) groups excluding carboxylic acids is 2. The van der Waals surface area contributed by atoms with Gasteiger partial charge in [-0.05, 0) is 55.7 Å². The number of nitrogens with zero attached hydrogens (tertiary/aromatic N) is 3. The summed E-state index contributed by atoms with van der Waals surface area (Å²) >= 11 is 0. The van der Waals surface area contributed by atoms with Crippen LogP contribution in [-0.4, -0.2) is 42.9 Å². The fourth-order valence-corrected chi connectivity index (χ4v) is 4.80. The maximum absolute atomic E-state index is 13.9. The normalized spacial score (nSPS) is 16.6. The first-order valence-corrected chi connectivity index (χ1v) is 11.8. The number of rotatable bonds is 4. The Kier molecular flexibility index (Phi) is 5.70. The van der Waals surface area contributed by atoms with E-state index in [0.717, 1.165) is 35.3 Å². The van der Waals surface area contributed by atoms with Crippen molar-refractivity contribution in [2.45, 2.75) is 20.8 Å². The minimum Gasteiger partial charge on any atom is -0.368 e. The van der Waals surface area contributed by atoms with Crippen LogP contribution in [0.25, 0.3) is 5.57 Å². The zero-order valence-electron chi connectivity index (χ0n) is 19.9. The van der Waals surface area contributed by atoms with Gasteiger partial charge in [-0.1, -0.05) is 60.2 Å². The lowest BCUT2D eigenvalue weighted by Gasteiger charge is -2.37. The van der Waals surface area contributed by atoms with E-state index in [1.807, 2.05) is 81.4 Å². The van der Waals surface area contributed by atoms with Crippen molar-refractivity contribution < 1.29 is 9.59 Å². The Bertz CT molecular complexity index is 1270. The molecular weight excluding hydrogens is 422 g/mol. The number of para-hydroxylation sites is 1. The van der Waals surface area contributed by atoms with Crippen molar-refractivity contribution in [1.29, 1.82) is 0 Å². The Morgan fingerprint density at radius 1 is 0.647 bits per heavy atom. The Hall–Kier alpha value is -3.86. The number of hydrogen-bond acceptors (Lipinski definition) is 4. The van der Waals surface area contributed by atoms with Gasteiger partial charge in [-0.2, -0.15) is 0 Å². The summed E-state index contributed by atoms with van der Waals surface area (Å²) in [5.74, 6) is -0.481. The molecule has 0 bridgehead atoms. The van der Waals surface area contributed by atoms with Gasteiger partial charge < -0.3 is 9.80 Å². The molecule has 5 nitrogen and oxygen atoms in total. The smallest absolute Gasteiger partial charge is 0.282 e. The molecular formula is C29H29N3O2. The average Bonchev–Trinajstić information content (AvgIpc) is 3.11. The van der Waals surface area contributed by atoms with Gasteiger partial charge in [0, 0.05) is 31.9 Å². The fourth-order valence-electron chi connectivity index (χ4n) is 4.80. The topological polar surface area (TPSA) is 43.9 Å². The number of piperazine rings is 1. The summed E-state index contributed by atoms with van der Waals surface area (Å²) in [4.78, 5) is 33.5. The summed E-state index contributed by atoms with van der Waals surface area (Å²) in [7, 11) is 0. The molecule has 5 heteroatoms. The van der Waals surface area contributed by atoms with Crippen molar-refractivity contribution in [3.05, 3.63) is 101 Å². The Labute approximate surface area is 200 Å². The summed E-state index contributed by atoms with van der Waals surface area (Å²) < 4.78 is 0. The van der Waals surface area contributed by atoms with Crippen LogP contribution < -0.4 is 9.80 Å². The second-order valence-electron chi connectivity index (χ2n) is 9.13. The summed E-state index contributed by atoms with van der Waals surface area (Å²) in [5, 5.41) is 0. The van der Waals surface area contributed by atoms with E-state index in [1.54, 1.807) is 0 Å². The van der Waals surface area contributed by atoms with Crippen molar-refractivity contribution in [3.8, 4) is 0 Å². The molecule has 0 atom stereocenters. The highest BCUT2D eigenvalue weighted by Crippen LogP contribution is 2.37. The second-order valence-corrected chi connectivity index (χ2v) is 9.13. The van der Waals surface area contributed by atoms with E-state index in [-0.39, 0.29) is 11.8 Å². The molecule has 34 heavy (non-hydrogen) atoms. The van der Waals surface area contributed by atoms with Crippen molar-refractivity contribution in [3.63, 3.8) is 0 Å². The first-order chi connectivity index (χ1) is 16.4. The number of carbonyl (C=O) groups is 2. The molecule has 0 aromatic heterocycles. The predicted octanol–water partition coefficient (Wildman–Crippen LogP) is 4.72. The van der Waals surface area contributed by atoms with Crippen LogP contribution in [0.1, 0.15) is 22.3 Å². The maximum Gasteiger partial charge on any atom is 0.282 e. The molecule has 2 heterocycles. The molecule has 0 N–H and O–H groups in total. The molecule has 0 saturated carbocycles. The Morgan fingerprint density at radius 2 is 1.26 bits per heavy atom. The largest absolute Gasteiger partial charge is 0.368 e. The first-order valence-electron chi connectivity index (χ1n) is 11.8. The van der Waals surface area contributed by atoms with Gasteiger partial charge in [-0.25, -0.2) is 4.90 Å². The monoisotopic (exact) mass is 451 g/mol. The third-order valence-electron chi connectivity index (χ3n) is 6.72. The van der Waals surface area contributed by atoms with Crippen molar-refractivity contribution in [2.75, 3.05) is 36.0 Å². The Balaban J connectivity index is 1.53. The van der Waals surface area contributed by atoms with Crippen LogP contribution >= 0.6 is 0 Å². The molecule has 1 fully saturated rings. The van der Waals surface area contributed by atoms with Crippen LogP contribution in [0, 0.1) is 20.8 Å². The lowest BCUT2D eigenvalue weighted by Crippen LogP contribution is -2.47. The molecule has 2 amide bonds. The number of anilines is 2. The van der Waals surface area contributed by atoms with Gasteiger partial charge in [0.2, 0.25) is 0 Å². The highest BCUT2D eigenvalue weighted by Gasteiger charge is 2.43. The van der Waals surface area contributed by atoms with Crippen molar-refractivity contribution in [2.24, 2.45) is 0 Å². The van der Waals surface area contributed by atoms with Gasteiger partial charge in [-0.3, -0.25) is 9.59 Å². The number of imide groups is 1. The van der Waals surface area contributed by atoms with Crippen LogP contribution in [0.15, 0.2) is 78.5 Å². The molecule has 0 spiro atoms. The zero-order chi connectivity index (χ0) is 23.8. The van der Waals surface area contributed by atoms with E-state index in [1.165, 1.54) is 10.6 Å². The van der Waals surface area contributed by atoms with Crippen LogP contribution in [0.3, 0.4) is 0 Å². The van der Waals surface area contributed by atoms with E-state index in [0.29, 0.717) is 30.0 Å². The van der Waals surface area contributed by atoms with Gasteiger partial charge in [0.25, 0.3) is 11.8 Å². The van der Waals surface area contributed by atoms with Crippen molar-refractivity contribution in [1.82, 2.24) is 4.90 Å². The van der Waals surface area contributed by atoms with E-state index >= 15 is 0 Å². The molecule has 0 radical (unpaired) electrons. The molecule has 172 valence electrons. The number of benzene rings is 3. The minimum absolute atomic E-state index is 0.234. The van der Waals surface area contributed by atoms with Crippen LogP contribution in [0.2, 0.25) is 0 Å². The molecule has 5 rings (SSSR count). The summed E-state index contributed by atoms with van der Waals surface area (Å²) in [5.41, 5.74) is 6.69. The predicted molar refractivity (Wildman–Crippen MR) is 137 cm³/mol. The first kappa shape index (κ1) is 22.0. The molecule has 2 aliphatic rings. The summed E-state index contributed by atoms with van der Waals surface area (Å²) in [6, 6.07) is 24.1. The third kappa shape index (κ3) is 3.87. The molecule has 0 unspecified atom stereocenters. The summed E-state index contributed by atoms with van der Waals surface area (Å²) in [6.45, 7) is 8.88. The summed E-state index contributed by atoms with van der Waals surface area (Å²) in [6.07, 6.45) is 0. The second kappa shape index (κ2) is 8.82.